The third kappa shape index (κ3) is 8.79. The SMILES string of the molecule is CC1C=NC(C)C(=O)NC(C)C(=O)NC(C)C(=O)NC(C)C(=O)NC(C)C(=O)NC(C)C(=O)N1. The molecule has 0 saturated heterocycles. The number of rotatable bonds is 0. The second kappa shape index (κ2) is 12.7. The van der Waals surface area contributed by atoms with Crippen LogP contribution in [0.1, 0.15) is 48.5 Å². The highest BCUT2D eigenvalue weighted by Crippen LogP contribution is 1.96. The fraction of sp³-hybridized carbons (Fsp3) is 0.667. The maximum Gasteiger partial charge on any atom is 0.245 e. The summed E-state index contributed by atoms with van der Waals surface area (Å²) in [6.07, 6.45) is 1.38. The van der Waals surface area contributed by atoms with Gasteiger partial charge in [-0.3, -0.25) is 33.8 Å². The van der Waals surface area contributed by atoms with Crippen LogP contribution in [-0.4, -0.2) is 84.0 Å². The topological polar surface area (TPSA) is 187 Å². The summed E-state index contributed by atoms with van der Waals surface area (Å²) in [4.78, 5) is 78.3. The highest BCUT2D eigenvalue weighted by molar-refractivity contribution is 5.96. The molecule has 0 aromatic carbocycles. The first-order valence-electron chi connectivity index (χ1n) is 11.1. The standard InChI is InChI=1S/C21H35N7O6/c1-9-8-22-10(2)16(29)24-12(4)18(31)26-14(6)20(33)28-15(7)21(34)27-13(5)19(32)25-11(3)17(30)23-9/h8-15H,1-7H3,(H,23,30)(H,24,29)(H,25,32)(H,26,31)(H,27,34)(H,28,33). The zero-order valence-corrected chi connectivity index (χ0v) is 20.5. The average molecular weight is 482 g/mol. The van der Waals surface area contributed by atoms with Crippen LogP contribution in [0.3, 0.4) is 0 Å². The molecule has 13 heteroatoms. The maximum atomic E-state index is 12.4. The van der Waals surface area contributed by atoms with Crippen molar-refractivity contribution >= 4 is 41.7 Å². The Balaban J connectivity index is 3.07. The minimum Gasteiger partial charge on any atom is -0.347 e. The van der Waals surface area contributed by atoms with Crippen LogP contribution in [0, 0.1) is 0 Å². The van der Waals surface area contributed by atoms with Crippen molar-refractivity contribution in [2.45, 2.75) is 90.8 Å². The van der Waals surface area contributed by atoms with E-state index < -0.39 is 77.7 Å². The van der Waals surface area contributed by atoms with Gasteiger partial charge < -0.3 is 31.9 Å². The molecule has 13 nitrogen and oxygen atoms in total. The summed E-state index contributed by atoms with van der Waals surface area (Å²) in [5.41, 5.74) is 0. The lowest BCUT2D eigenvalue weighted by atomic mass is 10.2. The monoisotopic (exact) mass is 481 g/mol. The van der Waals surface area contributed by atoms with Crippen LogP contribution in [0.2, 0.25) is 0 Å². The van der Waals surface area contributed by atoms with Gasteiger partial charge in [0.2, 0.25) is 35.4 Å². The van der Waals surface area contributed by atoms with Crippen LogP contribution in [-0.2, 0) is 28.8 Å². The molecule has 7 atom stereocenters. The number of nitrogens with zero attached hydrogens (tertiary/aromatic N) is 1. The van der Waals surface area contributed by atoms with Crippen molar-refractivity contribution in [3.63, 3.8) is 0 Å². The van der Waals surface area contributed by atoms with E-state index >= 15 is 0 Å². The fourth-order valence-electron chi connectivity index (χ4n) is 2.73. The van der Waals surface area contributed by atoms with E-state index in [2.05, 4.69) is 36.9 Å². The summed E-state index contributed by atoms with van der Waals surface area (Å²) in [6.45, 7) is 10.4. The van der Waals surface area contributed by atoms with Gasteiger partial charge in [0.25, 0.3) is 0 Å². The molecule has 190 valence electrons. The molecule has 0 bridgehead atoms. The zero-order chi connectivity index (χ0) is 26.2. The maximum absolute atomic E-state index is 12.4. The van der Waals surface area contributed by atoms with Gasteiger partial charge in [-0.05, 0) is 48.5 Å². The summed E-state index contributed by atoms with van der Waals surface area (Å²) < 4.78 is 0. The van der Waals surface area contributed by atoms with Crippen LogP contribution in [0.4, 0.5) is 0 Å². The van der Waals surface area contributed by atoms with Crippen molar-refractivity contribution in [1.29, 1.82) is 0 Å². The number of nitrogens with one attached hydrogen (secondary N) is 6. The summed E-state index contributed by atoms with van der Waals surface area (Å²) in [5, 5.41) is 15.0. The van der Waals surface area contributed by atoms with Gasteiger partial charge in [0.1, 0.15) is 36.3 Å². The predicted molar refractivity (Wildman–Crippen MR) is 124 cm³/mol. The van der Waals surface area contributed by atoms with E-state index in [1.807, 2.05) is 0 Å². The van der Waals surface area contributed by atoms with Gasteiger partial charge in [0.05, 0.1) is 6.04 Å². The number of carbonyl (C=O) groups excluding carboxylic acids is 6. The normalized spacial score (nSPS) is 33.3. The van der Waals surface area contributed by atoms with Crippen molar-refractivity contribution in [3.05, 3.63) is 0 Å². The number of carbonyl (C=O) groups is 6. The van der Waals surface area contributed by atoms with Gasteiger partial charge in [0, 0.05) is 6.21 Å². The zero-order valence-electron chi connectivity index (χ0n) is 20.5. The molecule has 1 aliphatic rings. The Bertz CT molecular complexity index is 845. The van der Waals surface area contributed by atoms with Crippen molar-refractivity contribution in [2.24, 2.45) is 4.99 Å². The van der Waals surface area contributed by atoms with Gasteiger partial charge >= 0.3 is 0 Å². The van der Waals surface area contributed by atoms with E-state index in [0.717, 1.165) is 0 Å². The molecule has 0 aromatic heterocycles. The summed E-state index contributed by atoms with van der Waals surface area (Å²) >= 11 is 0. The van der Waals surface area contributed by atoms with Gasteiger partial charge in [-0.25, -0.2) is 0 Å². The van der Waals surface area contributed by atoms with Crippen LogP contribution in [0.25, 0.3) is 0 Å². The third-order valence-corrected chi connectivity index (χ3v) is 5.04. The van der Waals surface area contributed by atoms with Crippen molar-refractivity contribution in [2.75, 3.05) is 0 Å². The summed E-state index contributed by atoms with van der Waals surface area (Å²) in [5.74, 6) is -3.47. The van der Waals surface area contributed by atoms with Gasteiger partial charge in [0.15, 0.2) is 0 Å². The quantitative estimate of drug-likeness (QED) is 0.222. The number of aliphatic imine (C=N–C) groups is 1. The Hall–Kier alpha value is -3.51. The van der Waals surface area contributed by atoms with Crippen LogP contribution in [0.5, 0.6) is 0 Å². The molecule has 0 spiro atoms. The second-order valence-electron chi connectivity index (χ2n) is 8.42. The van der Waals surface area contributed by atoms with Crippen molar-refractivity contribution in [3.8, 4) is 0 Å². The average Bonchev–Trinajstić information content (AvgIpc) is 2.75. The van der Waals surface area contributed by atoms with Crippen molar-refractivity contribution in [1.82, 2.24) is 31.9 Å². The molecular weight excluding hydrogens is 446 g/mol. The van der Waals surface area contributed by atoms with Crippen LogP contribution >= 0.6 is 0 Å². The molecule has 0 radical (unpaired) electrons. The minimum atomic E-state index is -1.01. The molecular formula is C21H35N7O6. The summed E-state index contributed by atoms with van der Waals surface area (Å²) in [7, 11) is 0. The molecule has 1 rings (SSSR count). The van der Waals surface area contributed by atoms with E-state index in [1.165, 1.54) is 47.8 Å². The molecule has 0 aromatic rings. The first kappa shape index (κ1) is 28.5. The first-order chi connectivity index (χ1) is 15.7. The van der Waals surface area contributed by atoms with E-state index in [4.69, 9.17) is 0 Å². The van der Waals surface area contributed by atoms with E-state index in [0.29, 0.717) is 0 Å². The Morgan fingerprint density at radius 3 is 1.06 bits per heavy atom. The van der Waals surface area contributed by atoms with Gasteiger partial charge in [-0.15, -0.1) is 0 Å². The molecule has 0 fully saturated rings. The molecule has 34 heavy (non-hydrogen) atoms. The number of amides is 6. The number of hydrogen-bond acceptors (Lipinski definition) is 7. The Morgan fingerprint density at radius 2 is 0.735 bits per heavy atom. The highest BCUT2D eigenvalue weighted by Gasteiger charge is 2.27. The molecule has 7 unspecified atom stereocenters. The number of hydrogen-bond donors (Lipinski definition) is 6. The van der Waals surface area contributed by atoms with Crippen LogP contribution < -0.4 is 31.9 Å². The van der Waals surface area contributed by atoms with Crippen molar-refractivity contribution < 1.29 is 28.8 Å². The van der Waals surface area contributed by atoms with E-state index in [-0.39, 0.29) is 0 Å². The predicted octanol–water partition coefficient (Wildman–Crippen LogP) is -2.51. The fourth-order valence-corrected chi connectivity index (χ4v) is 2.73. The molecule has 6 amide bonds. The van der Waals surface area contributed by atoms with E-state index in [9.17, 15) is 28.8 Å². The lowest BCUT2D eigenvalue weighted by molar-refractivity contribution is -0.134. The molecule has 1 heterocycles. The largest absolute Gasteiger partial charge is 0.347 e. The molecule has 6 N–H and O–H groups in total. The Morgan fingerprint density at radius 1 is 0.471 bits per heavy atom. The lowest BCUT2D eigenvalue weighted by Gasteiger charge is -2.22. The second-order valence-corrected chi connectivity index (χ2v) is 8.42. The lowest BCUT2D eigenvalue weighted by Crippen LogP contribution is -2.57. The summed E-state index contributed by atoms with van der Waals surface area (Å²) in [6, 6.07) is -6.24. The third-order valence-electron chi connectivity index (χ3n) is 5.04. The molecule has 1 aliphatic heterocycles. The van der Waals surface area contributed by atoms with Gasteiger partial charge in [-0.1, -0.05) is 0 Å². The van der Waals surface area contributed by atoms with E-state index in [1.54, 1.807) is 6.92 Å². The first-order valence-corrected chi connectivity index (χ1v) is 11.1. The minimum absolute atomic E-state index is 0.492. The molecule has 0 aliphatic carbocycles. The molecule has 0 saturated carbocycles. The Kier molecular flexibility index (Phi) is 10.6. The van der Waals surface area contributed by atoms with Crippen LogP contribution in [0.15, 0.2) is 4.99 Å². The Labute approximate surface area is 198 Å². The smallest absolute Gasteiger partial charge is 0.245 e. The highest BCUT2D eigenvalue weighted by atomic mass is 16.2. The van der Waals surface area contributed by atoms with Gasteiger partial charge in [-0.2, -0.15) is 0 Å².